The number of rotatable bonds is 3. The molecule has 1 saturated carbocycles. The maximum Gasteiger partial charge on any atom is 0.166 e. The largest absolute Gasteiger partial charge is 0.504 e. The second kappa shape index (κ2) is 6.02. The summed E-state index contributed by atoms with van der Waals surface area (Å²) >= 11 is 0. The van der Waals surface area contributed by atoms with Crippen LogP contribution in [0, 0.1) is 5.92 Å². The summed E-state index contributed by atoms with van der Waals surface area (Å²) in [5, 5.41) is 23.6. The van der Waals surface area contributed by atoms with E-state index in [1.807, 2.05) is 6.07 Å². The second-order valence-electron chi connectivity index (χ2n) is 10.9. The van der Waals surface area contributed by atoms with Gasteiger partial charge in [0.1, 0.15) is 0 Å². The Morgan fingerprint density at radius 3 is 2.79 bits per heavy atom. The molecule has 5 heteroatoms. The third-order valence-corrected chi connectivity index (χ3v) is 9.33. The molecule has 0 amide bonds. The van der Waals surface area contributed by atoms with Gasteiger partial charge in [-0.1, -0.05) is 36.4 Å². The number of aromatic amines is 1. The lowest BCUT2D eigenvalue weighted by atomic mass is 9.49. The van der Waals surface area contributed by atoms with Crippen molar-refractivity contribution < 1.29 is 14.9 Å². The number of H-pyrrole nitrogens is 1. The van der Waals surface area contributed by atoms with Crippen molar-refractivity contribution in [3.05, 3.63) is 71.0 Å². The van der Waals surface area contributed by atoms with E-state index in [0.29, 0.717) is 12.2 Å². The Labute approximate surface area is 193 Å². The van der Waals surface area contributed by atoms with Gasteiger partial charge in [-0.05, 0) is 60.9 Å². The summed E-state index contributed by atoms with van der Waals surface area (Å²) in [7, 11) is 0. The number of piperidine rings is 1. The predicted octanol–water partition coefficient (Wildman–Crippen LogP) is 4.09. The highest BCUT2D eigenvalue weighted by molar-refractivity contribution is 5.72. The van der Waals surface area contributed by atoms with Crippen LogP contribution in [0.5, 0.6) is 11.5 Å². The fourth-order valence-corrected chi connectivity index (χ4v) is 7.71. The Bertz CT molecular complexity index is 1300. The smallest absolute Gasteiger partial charge is 0.166 e. The van der Waals surface area contributed by atoms with Crippen LogP contribution in [0.15, 0.2) is 48.7 Å². The number of hydrogen-bond donors (Lipinski definition) is 3. The van der Waals surface area contributed by atoms with E-state index in [2.05, 4.69) is 46.4 Å². The van der Waals surface area contributed by atoms with Crippen LogP contribution >= 0.6 is 0 Å². The molecular weight excluding hydrogens is 412 g/mol. The van der Waals surface area contributed by atoms with Crippen molar-refractivity contribution in [3.8, 4) is 22.6 Å². The van der Waals surface area contributed by atoms with E-state index in [-0.39, 0.29) is 17.9 Å². The molecule has 8 rings (SSSR count). The Morgan fingerprint density at radius 2 is 1.97 bits per heavy atom. The van der Waals surface area contributed by atoms with Crippen molar-refractivity contribution in [2.24, 2.45) is 5.92 Å². The van der Waals surface area contributed by atoms with Crippen molar-refractivity contribution in [2.75, 3.05) is 13.1 Å². The van der Waals surface area contributed by atoms with Gasteiger partial charge in [0.15, 0.2) is 17.6 Å². The summed E-state index contributed by atoms with van der Waals surface area (Å²) < 4.78 is 6.62. The molecule has 1 spiro atoms. The third kappa shape index (κ3) is 2.16. The van der Waals surface area contributed by atoms with E-state index in [9.17, 15) is 10.2 Å². The van der Waals surface area contributed by atoms with Crippen molar-refractivity contribution in [1.82, 2.24) is 9.88 Å². The summed E-state index contributed by atoms with van der Waals surface area (Å²) in [4.78, 5) is 6.13. The number of likely N-dealkylation sites (tertiary alicyclic amines) is 1. The van der Waals surface area contributed by atoms with Crippen LogP contribution in [0.2, 0.25) is 0 Å². The Hall–Kier alpha value is -2.76. The van der Waals surface area contributed by atoms with E-state index < -0.39 is 11.0 Å². The van der Waals surface area contributed by atoms with E-state index >= 15 is 0 Å². The molecule has 1 saturated heterocycles. The topological polar surface area (TPSA) is 68.7 Å². The molecule has 3 aromatic rings. The molecule has 2 aliphatic heterocycles. The zero-order valence-electron chi connectivity index (χ0n) is 18.6. The fourth-order valence-electron chi connectivity index (χ4n) is 7.71. The summed E-state index contributed by atoms with van der Waals surface area (Å²) in [6, 6.07) is 14.3. The lowest BCUT2D eigenvalue weighted by molar-refractivity contribution is -0.173. The van der Waals surface area contributed by atoms with Crippen LogP contribution in [0.25, 0.3) is 11.1 Å². The van der Waals surface area contributed by atoms with Crippen molar-refractivity contribution in [2.45, 2.75) is 55.3 Å². The van der Waals surface area contributed by atoms with Gasteiger partial charge in [-0.2, -0.15) is 0 Å². The number of nitrogens with zero attached hydrogens (tertiary/aromatic N) is 1. The van der Waals surface area contributed by atoms with Gasteiger partial charge < -0.3 is 19.9 Å². The number of benzene rings is 2. The molecule has 2 bridgehead atoms. The summed E-state index contributed by atoms with van der Waals surface area (Å²) in [6.07, 6.45) is 6.66. The molecular formula is C28H28N2O3. The van der Waals surface area contributed by atoms with E-state index in [1.165, 1.54) is 24.0 Å². The van der Waals surface area contributed by atoms with E-state index in [4.69, 9.17) is 4.74 Å². The van der Waals surface area contributed by atoms with Crippen molar-refractivity contribution in [1.29, 1.82) is 0 Å². The Kier molecular flexibility index (Phi) is 3.40. The molecule has 0 radical (unpaired) electrons. The number of fused-ring (bicyclic) bond motifs is 2. The Morgan fingerprint density at radius 1 is 1.12 bits per heavy atom. The van der Waals surface area contributed by atoms with Crippen LogP contribution in [-0.4, -0.2) is 44.8 Å². The van der Waals surface area contributed by atoms with Crippen LogP contribution in [0.4, 0.5) is 0 Å². The number of nitrogens with one attached hydrogen (secondary N) is 1. The molecule has 3 heterocycles. The lowest BCUT2D eigenvalue weighted by Gasteiger charge is -2.62. The normalized spacial score (nSPS) is 33.4. The minimum Gasteiger partial charge on any atom is -0.504 e. The van der Waals surface area contributed by atoms with E-state index in [0.717, 1.165) is 54.2 Å². The third-order valence-electron chi connectivity index (χ3n) is 9.33. The van der Waals surface area contributed by atoms with Crippen LogP contribution in [0.3, 0.4) is 0 Å². The van der Waals surface area contributed by atoms with Crippen LogP contribution in [-0.2, 0) is 18.3 Å². The number of phenolic OH excluding ortho intramolecular Hbond substituents is 1. The summed E-state index contributed by atoms with van der Waals surface area (Å²) in [5.41, 5.74) is 5.38. The van der Waals surface area contributed by atoms with Crippen molar-refractivity contribution in [3.63, 3.8) is 0 Å². The molecule has 2 fully saturated rings. The fraction of sp³-hybridized carbons (Fsp3) is 0.429. The highest BCUT2D eigenvalue weighted by Crippen LogP contribution is 2.69. The first-order chi connectivity index (χ1) is 16.1. The van der Waals surface area contributed by atoms with Gasteiger partial charge in [-0.25, -0.2) is 0 Å². The number of phenols is 1. The summed E-state index contributed by atoms with van der Waals surface area (Å²) in [5.74, 6) is 1.56. The molecule has 4 atom stereocenters. The molecule has 168 valence electrons. The van der Waals surface area contributed by atoms with Gasteiger partial charge in [-0.3, -0.25) is 4.90 Å². The second-order valence-corrected chi connectivity index (χ2v) is 10.9. The highest BCUT2D eigenvalue weighted by Gasteiger charge is 2.72. The molecule has 0 unspecified atom stereocenters. The maximum atomic E-state index is 12.8. The van der Waals surface area contributed by atoms with Gasteiger partial charge >= 0.3 is 0 Å². The van der Waals surface area contributed by atoms with Gasteiger partial charge in [0.2, 0.25) is 0 Å². The molecule has 33 heavy (non-hydrogen) atoms. The Balaban J connectivity index is 1.37. The summed E-state index contributed by atoms with van der Waals surface area (Å²) in [6.45, 7) is 2.06. The van der Waals surface area contributed by atoms with Gasteiger partial charge in [0, 0.05) is 36.3 Å². The molecule has 5 aliphatic rings. The predicted molar refractivity (Wildman–Crippen MR) is 124 cm³/mol. The number of hydrogen-bond acceptors (Lipinski definition) is 4. The molecule has 2 aromatic carbocycles. The molecule has 3 aliphatic carbocycles. The van der Waals surface area contributed by atoms with Crippen LogP contribution < -0.4 is 4.74 Å². The standard InChI is InChI=1S/C28H28N2O3/c31-21-9-8-18-12-22-28(32)13-19-20(17-4-2-1-3-5-17)14-29-24(19)26-27(28,23(18)25(21)33-26)10-11-30(22)15-16-6-7-16/h1-5,8-9,14,16,22,26,29,31-32H,6-7,10-13,15H2/t22-,26+,27+,28-/m1/s1. The average molecular weight is 441 g/mol. The minimum atomic E-state index is -0.935. The highest BCUT2D eigenvalue weighted by atomic mass is 16.5. The monoisotopic (exact) mass is 440 g/mol. The average Bonchev–Trinajstić information content (AvgIpc) is 3.42. The molecule has 1 aromatic heterocycles. The van der Waals surface area contributed by atoms with Gasteiger partial charge in [0.25, 0.3) is 0 Å². The van der Waals surface area contributed by atoms with Crippen molar-refractivity contribution >= 4 is 0 Å². The van der Waals surface area contributed by atoms with Gasteiger partial charge in [0.05, 0.1) is 16.7 Å². The van der Waals surface area contributed by atoms with E-state index in [1.54, 1.807) is 6.07 Å². The SMILES string of the molecule is Oc1ccc2c3c1O[C@H]1c4[nH]cc(-c5ccccc5)c4C[C@@]4(O)[C@@H](C2)N(CC2CC2)CC[C@]314. The first-order valence-corrected chi connectivity index (χ1v) is 12.3. The van der Waals surface area contributed by atoms with Crippen LogP contribution in [0.1, 0.15) is 47.8 Å². The molecule has 3 N–H and O–H groups in total. The maximum absolute atomic E-state index is 12.8. The lowest BCUT2D eigenvalue weighted by Crippen LogP contribution is -2.74. The quantitative estimate of drug-likeness (QED) is 0.574. The molecule has 5 nitrogen and oxygen atoms in total. The minimum absolute atomic E-state index is 0.0626. The zero-order valence-corrected chi connectivity index (χ0v) is 18.6. The number of aromatic nitrogens is 1. The zero-order chi connectivity index (χ0) is 21.9. The number of aromatic hydroxyl groups is 1. The van der Waals surface area contributed by atoms with Gasteiger partial charge in [-0.15, -0.1) is 0 Å². The number of ether oxygens (including phenoxy) is 1. The first-order valence-electron chi connectivity index (χ1n) is 12.3. The number of aliphatic hydroxyl groups is 1. The first kappa shape index (κ1) is 18.6.